The van der Waals surface area contributed by atoms with Crippen molar-refractivity contribution < 1.29 is 28.3 Å². The fourth-order valence-electron chi connectivity index (χ4n) is 9.74. The van der Waals surface area contributed by atoms with Crippen LogP contribution in [0.15, 0.2) is 60.8 Å². The lowest BCUT2D eigenvalue weighted by atomic mass is 9.99. The number of methoxy groups -OCH3 is 1. The Hall–Kier alpha value is -5.23. The number of hydrogen-bond acceptors (Lipinski definition) is 7. The molecule has 3 aromatic carbocycles. The first-order valence-corrected chi connectivity index (χ1v) is 20.5. The second kappa shape index (κ2) is 14.6. The molecule has 1 aliphatic carbocycles. The molecule has 12 nitrogen and oxygen atoms in total. The highest BCUT2D eigenvalue weighted by molar-refractivity contribution is 5.92. The van der Waals surface area contributed by atoms with Gasteiger partial charge in [0.1, 0.15) is 17.5 Å². The second-order valence-electron chi connectivity index (χ2n) is 18.2. The summed E-state index contributed by atoms with van der Waals surface area (Å²) >= 11 is 0. The van der Waals surface area contributed by atoms with Crippen molar-refractivity contribution in [2.75, 3.05) is 20.7 Å². The number of fused-ring (bicyclic) bond motifs is 3. The predicted molar refractivity (Wildman–Crippen MR) is 220 cm³/mol. The smallest absolute Gasteiger partial charge is 0.453 e. The Labute approximate surface area is 334 Å². The Balaban J connectivity index is 1.03. The van der Waals surface area contributed by atoms with Crippen molar-refractivity contribution in [3.05, 3.63) is 72.4 Å². The number of carbonyl (C=O) groups is 3. The van der Waals surface area contributed by atoms with Gasteiger partial charge in [-0.2, -0.15) is 4.79 Å². The Morgan fingerprint density at radius 2 is 1.63 bits per heavy atom. The standard InChI is InChI=1S/C45H55N7O5/c1-25(2)39(50-43(54)56-8)42(53)51-36-11-9-10-32(36)22-37(51)40-47-33-17-16-30(21-34(33)48-40)28-12-13-29-20-31(15-14-27(29)19-28)35-23-46-41(49-35)38-18-26(3)24-52(38,7)44(55)57-45(4,5)6/h12-17,19-21,23,25-26,32,36-39H,9-11,18,22,24H2,1-8H3,(H2-,46,47,48,49,50,54)/p+1. The van der Waals surface area contributed by atoms with Crippen molar-refractivity contribution in [3.63, 3.8) is 0 Å². The van der Waals surface area contributed by atoms with Gasteiger partial charge in [0.25, 0.3) is 0 Å². The van der Waals surface area contributed by atoms with Crippen molar-refractivity contribution in [3.8, 4) is 22.4 Å². The number of nitrogens with zero attached hydrogens (tertiary/aromatic N) is 4. The van der Waals surface area contributed by atoms with Gasteiger partial charge in [0.05, 0.1) is 49.7 Å². The SMILES string of the molecule is COC(=O)NC(C(=O)N1C(c2nc3ccc(-c4ccc5cc(-c6cnc(C7CC(C)C[N+]7(C)C(=O)OC(C)(C)C)[nH]6)ccc5c4)cc3[nH]2)CC2CCCC21)C(C)C. The Morgan fingerprint density at radius 3 is 2.35 bits per heavy atom. The van der Waals surface area contributed by atoms with Gasteiger partial charge < -0.3 is 29.7 Å². The maximum Gasteiger partial charge on any atom is 0.516 e. The number of rotatable bonds is 7. The molecule has 8 rings (SSSR count). The molecule has 3 amide bonds. The predicted octanol–water partition coefficient (Wildman–Crippen LogP) is 9.06. The van der Waals surface area contributed by atoms with Crippen molar-refractivity contribution in [1.29, 1.82) is 0 Å². The quantitative estimate of drug-likeness (QED) is 0.140. The first-order valence-electron chi connectivity index (χ1n) is 20.5. The Morgan fingerprint density at radius 1 is 0.930 bits per heavy atom. The largest absolute Gasteiger partial charge is 0.516 e. The van der Waals surface area contributed by atoms with Crippen LogP contribution >= 0.6 is 0 Å². The lowest BCUT2D eigenvalue weighted by molar-refractivity contribution is -0.858. The molecular formula is C45H56N7O5+. The van der Waals surface area contributed by atoms with Gasteiger partial charge in [-0.05, 0) is 98.0 Å². The first kappa shape index (κ1) is 38.6. The molecule has 7 unspecified atom stereocenters. The fourth-order valence-corrected chi connectivity index (χ4v) is 9.74. The number of benzene rings is 3. The summed E-state index contributed by atoms with van der Waals surface area (Å²) in [5.74, 6) is 2.19. The zero-order valence-electron chi connectivity index (χ0n) is 34.4. The topological polar surface area (TPSA) is 142 Å². The minimum atomic E-state index is -0.682. The lowest BCUT2D eigenvalue weighted by Gasteiger charge is -2.33. The van der Waals surface area contributed by atoms with E-state index in [2.05, 4.69) is 70.7 Å². The molecule has 3 N–H and O–H groups in total. The molecule has 2 saturated heterocycles. The van der Waals surface area contributed by atoms with E-state index < -0.39 is 17.7 Å². The van der Waals surface area contributed by atoms with Gasteiger partial charge in [0, 0.05) is 23.9 Å². The molecular weight excluding hydrogens is 719 g/mol. The Bertz CT molecular complexity index is 2340. The van der Waals surface area contributed by atoms with E-state index in [1.54, 1.807) is 0 Å². The lowest BCUT2D eigenvalue weighted by Crippen LogP contribution is -2.53. The average Bonchev–Trinajstić information content (AvgIpc) is 4.00. The number of nitrogens with one attached hydrogen (secondary N) is 3. The van der Waals surface area contributed by atoms with Crippen LogP contribution in [0.2, 0.25) is 0 Å². The van der Waals surface area contributed by atoms with Gasteiger partial charge in [0.15, 0.2) is 11.9 Å². The molecule has 300 valence electrons. The van der Waals surface area contributed by atoms with Crippen LogP contribution in [0.25, 0.3) is 44.2 Å². The number of aromatic nitrogens is 4. The fraction of sp³-hybridized carbons (Fsp3) is 0.489. The van der Waals surface area contributed by atoms with E-state index in [-0.39, 0.29) is 40.5 Å². The molecule has 1 saturated carbocycles. The molecule has 2 aromatic heterocycles. The third kappa shape index (κ3) is 7.28. The molecule has 57 heavy (non-hydrogen) atoms. The number of aromatic amines is 2. The highest BCUT2D eigenvalue weighted by Gasteiger charge is 2.52. The zero-order chi connectivity index (χ0) is 40.4. The first-order chi connectivity index (χ1) is 27.1. The molecule has 5 aromatic rings. The van der Waals surface area contributed by atoms with Crippen LogP contribution in [0, 0.1) is 17.8 Å². The van der Waals surface area contributed by atoms with E-state index in [9.17, 15) is 14.4 Å². The molecule has 0 bridgehead atoms. The summed E-state index contributed by atoms with van der Waals surface area (Å²) in [4.78, 5) is 58.8. The molecule has 3 aliphatic rings. The van der Waals surface area contributed by atoms with Gasteiger partial charge in [-0.3, -0.25) is 4.79 Å². The van der Waals surface area contributed by atoms with E-state index >= 15 is 0 Å². The van der Waals surface area contributed by atoms with E-state index in [4.69, 9.17) is 19.4 Å². The van der Waals surface area contributed by atoms with Crippen molar-refractivity contribution in [1.82, 2.24) is 30.2 Å². The van der Waals surface area contributed by atoms with Crippen LogP contribution in [0.1, 0.15) is 97.4 Å². The number of likely N-dealkylation sites (tertiary alicyclic amines) is 2. The summed E-state index contributed by atoms with van der Waals surface area (Å²) in [5, 5.41) is 5.02. The van der Waals surface area contributed by atoms with E-state index in [0.29, 0.717) is 18.4 Å². The minimum Gasteiger partial charge on any atom is -0.453 e. The number of ether oxygens (including phenoxy) is 2. The number of hydrogen-bond donors (Lipinski definition) is 3. The number of H-pyrrole nitrogens is 2. The van der Waals surface area contributed by atoms with Crippen LogP contribution in [0.3, 0.4) is 0 Å². The zero-order valence-corrected chi connectivity index (χ0v) is 34.4. The number of carbonyl (C=O) groups excluding carboxylic acids is 3. The molecule has 2 aliphatic heterocycles. The monoisotopic (exact) mass is 774 g/mol. The second-order valence-corrected chi connectivity index (χ2v) is 18.2. The van der Waals surface area contributed by atoms with Crippen LogP contribution in [-0.4, -0.2) is 85.8 Å². The summed E-state index contributed by atoms with van der Waals surface area (Å²) in [5.41, 5.74) is 5.31. The molecule has 4 heterocycles. The summed E-state index contributed by atoms with van der Waals surface area (Å²) in [6.45, 7) is 12.5. The molecule has 0 spiro atoms. The normalized spacial score (nSPS) is 25.3. The number of quaternary nitrogens is 1. The van der Waals surface area contributed by atoms with Gasteiger partial charge in [-0.25, -0.2) is 19.2 Å². The van der Waals surface area contributed by atoms with Crippen LogP contribution < -0.4 is 5.32 Å². The van der Waals surface area contributed by atoms with Crippen LogP contribution in [0.5, 0.6) is 0 Å². The van der Waals surface area contributed by atoms with E-state index in [1.807, 2.05) is 58.8 Å². The molecule has 0 radical (unpaired) electrons. The summed E-state index contributed by atoms with van der Waals surface area (Å²) in [6.07, 6.45) is 5.90. The summed E-state index contributed by atoms with van der Waals surface area (Å²) < 4.78 is 10.9. The van der Waals surface area contributed by atoms with Crippen molar-refractivity contribution >= 4 is 39.9 Å². The number of imidazole rings is 2. The van der Waals surface area contributed by atoms with Crippen LogP contribution in [-0.2, 0) is 14.3 Å². The van der Waals surface area contributed by atoms with Gasteiger partial charge in [-0.1, -0.05) is 57.5 Å². The highest BCUT2D eigenvalue weighted by Crippen LogP contribution is 2.48. The summed E-state index contributed by atoms with van der Waals surface area (Å²) in [7, 11) is 3.29. The highest BCUT2D eigenvalue weighted by atomic mass is 16.6. The van der Waals surface area contributed by atoms with Gasteiger partial charge in [0.2, 0.25) is 5.91 Å². The Kier molecular flexibility index (Phi) is 9.90. The van der Waals surface area contributed by atoms with Crippen LogP contribution in [0.4, 0.5) is 9.59 Å². The third-order valence-corrected chi connectivity index (χ3v) is 12.5. The average molecular weight is 775 g/mol. The maximum absolute atomic E-state index is 14.2. The van der Waals surface area contributed by atoms with Crippen molar-refractivity contribution in [2.24, 2.45) is 17.8 Å². The van der Waals surface area contributed by atoms with Crippen molar-refractivity contribution in [2.45, 2.75) is 103 Å². The minimum absolute atomic E-state index is 0.0767. The molecule has 7 atom stereocenters. The van der Waals surface area contributed by atoms with Gasteiger partial charge >= 0.3 is 12.2 Å². The van der Waals surface area contributed by atoms with E-state index in [1.165, 1.54) is 7.11 Å². The molecule has 12 heteroatoms. The van der Waals surface area contributed by atoms with E-state index in [0.717, 1.165) is 87.9 Å². The third-order valence-electron chi connectivity index (χ3n) is 12.5. The maximum atomic E-state index is 14.2. The number of amides is 3. The number of alkyl carbamates (subject to hydrolysis) is 1. The van der Waals surface area contributed by atoms with Gasteiger partial charge in [-0.15, -0.1) is 0 Å². The summed E-state index contributed by atoms with van der Waals surface area (Å²) in [6, 6.07) is 18.4. The molecule has 3 fully saturated rings.